The molecule has 0 aliphatic carbocycles. The highest BCUT2D eigenvalue weighted by Crippen LogP contribution is 2.18. The van der Waals surface area contributed by atoms with E-state index in [1.165, 1.54) is 25.3 Å². The van der Waals surface area contributed by atoms with Crippen molar-refractivity contribution in [1.82, 2.24) is 5.32 Å². The fourth-order valence-corrected chi connectivity index (χ4v) is 1.49. The molecule has 0 aliphatic heterocycles. The number of nitro groups is 1. The van der Waals surface area contributed by atoms with Gasteiger partial charge in [0.1, 0.15) is 0 Å². The number of carbonyl (C=O) groups excluding carboxylic acids is 1. The molecule has 0 heterocycles. The molecular weight excluding hydrogens is 264 g/mol. The Hall–Kier alpha value is -2.25. The molecule has 0 aromatic heterocycles. The summed E-state index contributed by atoms with van der Waals surface area (Å²) in [5, 5.41) is 22.6. The van der Waals surface area contributed by atoms with E-state index in [4.69, 9.17) is 4.74 Å². The maximum atomic E-state index is 11.5. The van der Waals surface area contributed by atoms with Crippen LogP contribution in [0.1, 0.15) is 5.56 Å². The van der Waals surface area contributed by atoms with Crippen LogP contribution in [-0.2, 0) is 9.53 Å². The van der Waals surface area contributed by atoms with Crippen LogP contribution in [0.4, 0.5) is 5.69 Å². The third-order valence-corrected chi connectivity index (χ3v) is 2.42. The van der Waals surface area contributed by atoms with Crippen LogP contribution in [0.15, 0.2) is 30.3 Å². The molecule has 2 N–H and O–H groups in total. The summed E-state index contributed by atoms with van der Waals surface area (Å²) in [5.74, 6) is -0.446. The first-order chi connectivity index (χ1) is 9.54. The lowest BCUT2D eigenvalue weighted by Gasteiger charge is -2.08. The van der Waals surface area contributed by atoms with Crippen molar-refractivity contribution in [1.29, 1.82) is 0 Å². The van der Waals surface area contributed by atoms with E-state index in [9.17, 15) is 20.0 Å². The monoisotopic (exact) mass is 280 g/mol. The Morgan fingerprint density at radius 1 is 1.55 bits per heavy atom. The van der Waals surface area contributed by atoms with Crippen molar-refractivity contribution in [2.45, 2.75) is 6.10 Å². The zero-order valence-electron chi connectivity index (χ0n) is 11.0. The Balaban J connectivity index is 2.60. The smallest absolute Gasteiger partial charge is 0.276 e. The van der Waals surface area contributed by atoms with Gasteiger partial charge in [-0.25, -0.2) is 0 Å². The SMILES string of the molecule is COCC(O)CNC(=O)C=Cc1ccccc1[N+](=O)[O-]. The summed E-state index contributed by atoms with van der Waals surface area (Å²) in [7, 11) is 1.44. The Bertz CT molecular complexity index is 501. The summed E-state index contributed by atoms with van der Waals surface area (Å²) in [4.78, 5) is 21.8. The molecule has 0 saturated carbocycles. The van der Waals surface area contributed by atoms with Gasteiger partial charge < -0.3 is 15.2 Å². The number of hydrogen-bond acceptors (Lipinski definition) is 5. The van der Waals surface area contributed by atoms with E-state index in [1.807, 2.05) is 0 Å². The minimum absolute atomic E-state index is 0.0495. The van der Waals surface area contributed by atoms with E-state index < -0.39 is 16.9 Å². The van der Waals surface area contributed by atoms with Gasteiger partial charge in [-0.1, -0.05) is 12.1 Å². The van der Waals surface area contributed by atoms with Crippen molar-refractivity contribution in [3.8, 4) is 0 Å². The van der Waals surface area contributed by atoms with Crippen LogP contribution in [0.3, 0.4) is 0 Å². The van der Waals surface area contributed by atoms with Gasteiger partial charge in [-0.05, 0) is 12.1 Å². The maximum absolute atomic E-state index is 11.5. The summed E-state index contributed by atoms with van der Waals surface area (Å²) in [5.41, 5.74) is 0.265. The summed E-state index contributed by atoms with van der Waals surface area (Å²) < 4.78 is 4.71. The number of methoxy groups -OCH3 is 1. The normalized spacial score (nSPS) is 12.3. The van der Waals surface area contributed by atoms with Gasteiger partial charge >= 0.3 is 0 Å². The summed E-state index contributed by atoms with van der Waals surface area (Å²) in [6.07, 6.45) is 1.75. The number of nitrogens with one attached hydrogen (secondary N) is 1. The van der Waals surface area contributed by atoms with Crippen LogP contribution in [0.25, 0.3) is 6.08 Å². The molecule has 20 heavy (non-hydrogen) atoms. The molecular formula is C13H16N2O5. The predicted molar refractivity (Wildman–Crippen MR) is 73.0 cm³/mol. The summed E-state index contributed by atoms with van der Waals surface area (Å²) in [6.45, 7) is 0.169. The van der Waals surface area contributed by atoms with Gasteiger partial charge in [-0.15, -0.1) is 0 Å². The third-order valence-electron chi connectivity index (χ3n) is 2.42. The second-order valence-electron chi connectivity index (χ2n) is 4.00. The first kappa shape index (κ1) is 15.8. The molecule has 1 rings (SSSR count). The molecule has 1 aromatic rings. The Morgan fingerprint density at radius 2 is 2.25 bits per heavy atom. The van der Waals surface area contributed by atoms with Crippen molar-refractivity contribution in [2.24, 2.45) is 0 Å². The first-order valence-corrected chi connectivity index (χ1v) is 5.91. The minimum atomic E-state index is -0.789. The van der Waals surface area contributed by atoms with Crippen LogP contribution in [-0.4, -0.2) is 42.3 Å². The highest BCUT2D eigenvalue weighted by molar-refractivity contribution is 5.92. The highest BCUT2D eigenvalue weighted by Gasteiger charge is 2.10. The zero-order valence-corrected chi connectivity index (χ0v) is 11.0. The lowest BCUT2D eigenvalue weighted by Crippen LogP contribution is -2.33. The first-order valence-electron chi connectivity index (χ1n) is 5.91. The second kappa shape index (κ2) is 8.03. The molecule has 0 saturated heterocycles. The maximum Gasteiger partial charge on any atom is 0.276 e. The Labute approximate surface area is 116 Å². The molecule has 1 aromatic carbocycles. The van der Waals surface area contributed by atoms with Gasteiger partial charge in [0.15, 0.2) is 0 Å². The number of nitrogens with zero attached hydrogens (tertiary/aromatic N) is 1. The van der Waals surface area contributed by atoms with E-state index in [0.717, 1.165) is 0 Å². The molecule has 0 spiro atoms. The summed E-state index contributed by atoms with van der Waals surface area (Å²) in [6, 6.07) is 6.10. The Morgan fingerprint density at radius 3 is 2.90 bits per heavy atom. The van der Waals surface area contributed by atoms with Gasteiger partial charge in [-0.2, -0.15) is 0 Å². The van der Waals surface area contributed by atoms with Crippen LogP contribution < -0.4 is 5.32 Å². The number of nitro benzene ring substituents is 1. The van der Waals surface area contributed by atoms with Crippen LogP contribution in [0, 0.1) is 10.1 Å². The lowest BCUT2D eigenvalue weighted by atomic mass is 10.1. The fourth-order valence-electron chi connectivity index (χ4n) is 1.49. The number of hydrogen-bond donors (Lipinski definition) is 2. The predicted octanol–water partition coefficient (Wildman–Crippen LogP) is 0.731. The van der Waals surface area contributed by atoms with E-state index in [1.54, 1.807) is 18.2 Å². The standard InChI is InChI=1S/C13H16N2O5/c1-20-9-11(16)8-14-13(17)7-6-10-4-2-3-5-12(10)15(18)19/h2-7,11,16H,8-9H2,1H3,(H,14,17). The van der Waals surface area contributed by atoms with Crippen molar-refractivity contribution >= 4 is 17.7 Å². The average molecular weight is 280 g/mol. The largest absolute Gasteiger partial charge is 0.389 e. The molecule has 1 amide bonds. The van der Waals surface area contributed by atoms with Gasteiger partial charge in [0.25, 0.3) is 5.69 Å². The van der Waals surface area contributed by atoms with Crippen molar-refractivity contribution < 1.29 is 19.6 Å². The summed E-state index contributed by atoms with van der Waals surface area (Å²) >= 11 is 0. The Kier molecular flexibility index (Phi) is 6.34. The molecule has 108 valence electrons. The molecule has 0 bridgehead atoms. The number of rotatable bonds is 7. The van der Waals surface area contributed by atoms with Crippen molar-refractivity contribution in [2.75, 3.05) is 20.3 Å². The van der Waals surface area contributed by atoms with Gasteiger partial charge in [-0.3, -0.25) is 14.9 Å². The molecule has 1 unspecified atom stereocenters. The van der Waals surface area contributed by atoms with E-state index in [0.29, 0.717) is 5.56 Å². The number of para-hydroxylation sites is 1. The molecule has 0 fully saturated rings. The molecule has 7 nitrogen and oxygen atoms in total. The number of carbonyl (C=O) groups is 1. The highest BCUT2D eigenvalue weighted by atomic mass is 16.6. The lowest BCUT2D eigenvalue weighted by molar-refractivity contribution is -0.385. The number of benzene rings is 1. The fraction of sp³-hybridized carbons (Fsp3) is 0.308. The zero-order chi connectivity index (χ0) is 15.0. The molecule has 0 aliphatic rings. The molecule has 0 radical (unpaired) electrons. The van der Waals surface area contributed by atoms with Crippen LogP contribution >= 0.6 is 0 Å². The minimum Gasteiger partial charge on any atom is -0.389 e. The number of aliphatic hydroxyl groups excluding tert-OH is 1. The van der Waals surface area contributed by atoms with Crippen LogP contribution in [0.2, 0.25) is 0 Å². The van der Waals surface area contributed by atoms with E-state index in [2.05, 4.69) is 5.32 Å². The number of amides is 1. The average Bonchev–Trinajstić information content (AvgIpc) is 2.43. The van der Waals surface area contributed by atoms with Crippen LogP contribution in [0.5, 0.6) is 0 Å². The van der Waals surface area contributed by atoms with Gasteiger partial charge in [0, 0.05) is 25.8 Å². The quantitative estimate of drug-likeness (QED) is 0.435. The van der Waals surface area contributed by atoms with Gasteiger partial charge in [0.05, 0.1) is 23.2 Å². The molecule has 1 atom stereocenters. The number of aliphatic hydroxyl groups is 1. The van der Waals surface area contributed by atoms with Gasteiger partial charge in [0.2, 0.25) is 5.91 Å². The third kappa shape index (κ3) is 5.17. The molecule has 7 heteroatoms. The topological polar surface area (TPSA) is 102 Å². The van der Waals surface area contributed by atoms with Crippen molar-refractivity contribution in [3.63, 3.8) is 0 Å². The number of ether oxygens (including phenoxy) is 1. The second-order valence-corrected chi connectivity index (χ2v) is 4.00. The van der Waals surface area contributed by atoms with Crippen molar-refractivity contribution in [3.05, 3.63) is 46.0 Å². The van der Waals surface area contributed by atoms with E-state index >= 15 is 0 Å². The van der Waals surface area contributed by atoms with E-state index in [-0.39, 0.29) is 18.8 Å².